The first-order valence-corrected chi connectivity index (χ1v) is 26.2. The van der Waals surface area contributed by atoms with Crippen molar-refractivity contribution in [3.05, 3.63) is 75.9 Å². The number of aliphatic carboxylic acids is 3. The Morgan fingerprint density at radius 3 is 1.88 bits per heavy atom. The molecule has 2 fully saturated rings. The fourth-order valence-corrected chi connectivity index (χ4v) is 10.2. The van der Waals surface area contributed by atoms with E-state index in [9.17, 15) is 44.1 Å². The average Bonchev–Trinajstić information content (AvgIpc) is 3.81. The molecule has 21 nitrogen and oxygen atoms in total. The zero-order chi connectivity index (χ0) is 54.5. The quantitative estimate of drug-likeness (QED) is 0.0719. The topological polar surface area (TPSA) is 249 Å². The van der Waals surface area contributed by atoms with Crippen LogP contribution < -0.4 is 20.1 Å². The first-order chi connectivity index (χ1) is 36.4. The van der Waals surface area contributed by atoms with Crippen LogP contribution in [0, 0.1) is 0 Å². The van der Waals surface area contributed by atoms with Crippen LogP contribution in [-0.2, 0) is 35.3 Å². The molecule has 76 heavy (non-hydrogen) atoms. The van der Waals surface area contributed by atoms with Gasteiger partial charge in [0.15, 0.2) is 5.69 Å². The molecule has 4 aromatic rings. The summed E-state index contributed by atoms with van der Waals surface area (Å²) in [6.45, 7) is 7.35. The fourth-order valence-electron chi connectivity index (χ4n) is 9.68. The van der Waals surface area contributed by atoms with Crippen LogP contribution in [0.15, 0.2) is 54.6 Å². The minimum Gasteiger partial charge on any atom is -0.496 e. The number of carbonyl (C=O) groups is 6. The maximum absolute atomic E-state index is 14.4. The number of carboxylic acid groups (broad SMARTS) is 3. The summed E-state index contributed by atoms with van der Waals surface area (Å²) in [7, 11) is 1.57. The summed E-state index contributed by atoms with van der Waals surface area (Å²) in [6, 6.07) is 16.3. The number of anilines is 1. The number of aromatic nitrogens is 2. The zero-order valence-electron chi connectivity index (χ0n) is 43.2. The molecule has 0 unspecified atom stereocenters. The predicted octanol–water partition coefficient (Wildman–Crippen LogP) is 5.15. The summed E-state index contributed by atoms with van der Waals surface area (Å²) < 4.78 is 19.6. The molecule has 0 atom stereocenters. The molecular weight excluding hydrogens is 1030 g/mol. The van der Waals surface area contributed by atoms with Crippen LogP contribution in [0.25, 0.3) is 28.1 Å². The van der Waals surface area contributed by atoms with Gasteiger partial charge in [0, 0.05) is 110 Å². The van der Waals surface area contributed by atoms with Crippen molar-refractivity contribution in [2.45, 2.75) is 58.1 Å². The zero-order valence-corrected chi connectivity index (χ0v) is 44.7. The number of amides is 3. The van der Waals surface area contributed by atoms with E-state index in [1.54, 1.807) is 55.7 Å². The molecule has 0 bridgehead atoms. The Kier molecular flexibility index (Phi) is 20.1. The van der Waals surface area contributed by atoms with Gasteiger partial charge in [-0.2, -0.15) is 5.10 Å². The van der Waals surface area contributed by atoms with E-state index in [2.05, 4.69) is 10.6 Å². The highest BCUT2D eigenvalue weighted by molar-refractivity contribution is 6.34. The highest BCUT2D eigenvalue weighted by Gasteiger charge is 2.39. The summed E-state index contributed by atoms with van der Waals surface area (Å²) in [5, 5.41) is 40.2. The molecule has 0 aliphatic carbocycles. The van der Waals surface area contributed by atoms with E-state index in [4.69, 9.17) is 42.5 Å². The predicted molar refractivity (Wildman–Crippen MR) is 285 cm³/mol. The molecule has 5 N–H and O–H groups in total. The van der Waals surface area contributed by atoms with E-state index in [1.807, 2.05) is 49.1 Å². The van der Waals surface area contributed by atoms with Gasteiger partial charge in [0.25, 0.3) is 5.91 Å². The maximum atomic E-state index is 14.4. The van der Waals surface area contributed by atoms with Crippen LogP contribution in [0.1, 0.15) is 62.0 Å². The lowest BCUT2D eigenvalue weighted by Crippen LogP contribution is -2.55. The summed E-state index contributed by atoms with van der Waals surface area (Å²) in [5.74, 6) is -2.64. The number of morpholine rings is 1. The summed E-state index contributed by atoms with van der Waals surface area (Å²) in [4.78, 5) is 84.3. The molecule has 23 heteroatoms. The van der Waals surface area contributed by atoms with Crippen molar-refractivity contribution >= 4 is 64.5 Å². The van der Waals surface area contributed by atoms with Gasteiger partial charge in [-0.05, 0) is 68.7 Å². The van der Waals surface area contributed by atoms with Crippen LogP contribution in [0.5, 0.6) is 11.5 Å². The van der Waals surface area contributed by atoms with E-state index in [1.165, 1.54) is 0 Å². The number of unbranched alkanes of at least 4 members (excludes halogenated alkanes) is 3. The molecule has 0 spiro atoms. The number of nitrogens with zero attached hydrogens (tertiary/aromatic N) is 7. The van der Waals surface area contributed by atoms with Gasteiger partial charge >= 0.3 is 17.9 Å². The molecule has 3 aliphatic rings. The van der Waals surface area contributed by atoms with E-state index < -0.39 is 23.4 Å². The van der Waals surface area contributed by atoms with Gasteiger partial charge in [0.2, 0.25) is 11.8 Å². The number of hydrogen-bond acceptors (Lipinski definition) is 14. The minimum absolute atomic E-state index is 0.0335. The summed E-state index contributed by atoms with van der Waals surface area (Å²) >= 11 is 13.0. The van der Waals surface area contributed by atoms with Crippen molar-refractivity contribution in [3.63, 3.8) is 0 Å². The van der Waals surface area contributed by atoms with Crippen molar-refractivity contribution < 1.29 is 58.3 Å². The second kappa shape index (κ2) is 26.6. The van der Waals surface area contributed by atoms with Gasteiger partial charge in [0.1, 0.15) is 18.1 Å². The second-order valence-corrected chi connectivity index (χ2v) is 20.7. The molecule has 1 aromatic heterocycles. The monoisotopic (exact) mass is 1090 g/mol. The number of fused-ring (bicyclic) bond motifs is 3. The molecule has 410 valence electrons. The van der Waals surface area contributed by atoms with Crippen LogP contribution in [-0.4, -0.2) is 203 Å². The van der Waals surface area contributed by atoms with E-state index >= 15 is 0 Å². The SMILES string of the molecule is COc1cc2c(cc1-c1cccc(NC(=O)CCCCCCNC(=O)CN3CCN(CC(=O)O)CCN(CC(=O)O)CCN(CC(=O)O)CC3)c1)-c1c(c(C(=O)N3CCOCC3(C)C)nn1-c1cc(Cl)cc(Cl)c1)CO2. The van der Waals surface area contributed by atoms with Gasteiger partial charge in [-0.15, -0.1) is 0 Å². The number of carbonyl (C=O) groups excluding carboxylic acids is 3. The largest absolute Gasteiger partial charge is 0.496 e. The molecule has 3 aromatic carbocycles. The van der Waals surface area contributed by atoms with Crippen LogP contribution in [0.3, 0.4) is 0 Å². The smallest absolute Gasteiger partial charge is 0.317 e. The molecule has 4 heterocycles. The minimum atomic E-state index is -1.03. The number of rotatable bonds is 20. The fraction of sp³-hybridized carbons (Fsp3) is 0.491. The van der Waals surface area contributed by atoms with Crippen molar-refractivity contribution in [1.82, 2.24) is 39.6 Å². The molecule has 0 radical (unpaired) electrons. The number of halogens is 2. The van der Waals surface area contributed by atoms with E-state index in [0.717, 1.165) is 18.4 Å². The Morgan fingerprint density at radius 2 is 1.30 bits per heavy atom. The lowest BCUT2D eigenvalue weighted by atomic mass is 9.95. The standard InChI is InChI=1S/C53H67Cl2N9O12/c1-53(2)34-75-22-21-63(53)52(73)50-42-33-76-44-28-43(74-3)40(27-41(44)51(42)64(58-50)39-25-36(54)24-37(55)26-39)35-9-8-10-38(23-35)57-45(65)11-6-4-5-7-12-56-46(66)29-59-13-15-60(30-47(67)68)17-19-62(32-49(71)72)20-18-61(16-14-59)31-48(69)70/h8-10,23-28H,4-7,11-22,29-34H2,1-3H3,(H,56,66)(H,57,65)(H,67,68)(H,69,70)(H,71,72). The number of nitrogens with one attached hydrogen (secondary N) is 2. The van der Waals surface area contributed by atoms with Crippen molar-refractivity contribution in [3.8, 4) is 39.6 Å². The third kappa shape index (κ3) is 15.6. The first kappa shape index (κ1) is 57.4. The van der Waals surface area contributed by atoms with Gasteiger partial charge in [-0.3, -0.25) is 48.4 Å². The van der Waals surface area contributed by atoms with Gasteiger partial charge in [-0.25, -0.2) is 4.68 Å². The van der Waals surface area contributed by atoms with Crippen LogP contribution >= 0.6 is 23.2 Å². The van der Waals surface area contributed by atoms with Crippen molar-refractivity contribution in [1.29, 1.82) is 0 Å². The number of benzene rings is 3. The van der Waals surface area contributed by atoms with Gasteiger partial charge < -0.3 is 45.1 Å². The Labute approximate surface area is 451 Å². The summed E-state index contributed by atoms with van der Waals surface area (Å²) in [5.41, 5.74) is 4.18. The highest BCUT2D eigenvalue weighted by Crippen LogP contribution is 2.47. The van der Waals surface area contributed by atoms with E-state index in [0.29, 0.717) is 121 Å². The molecule has 7 rings (SSSR count). The molecule has 3 aliphatic heterocycles. The van der Waals surface area contributed by atoms with Crippen molar-refractivity contribution in [2.75, 3.05) is 117 Å². The molecule has 3 amide bonds. The number of methoxy groups -OCH3 is 1. The Morgan fingerprint density at radius 1 is 0.711 bits per heavy atom. The number of carboxylic acids is 3. The Bertz CT molecular complexity index is 2700. The highest BCUT2D eigenvalue weighted by atomic mass is 35.5. The van der Waals surface area contributed by atoms with Gasteiger partial charge in [-0.1, -0.05) is 48.2 Å². The van der Waals surface area contributed by atoms with Crippen molar-refractivity contribution in [2.24, 2.45) is 0 Å². The lowest BCUT2D eigenvalue weighted by Gasteiger charge is -2.41. The molecular formula is C53H67Cl2N9O12. The molecule has 2 saturated heterocycles. The first-order valence-electron chi connectivity index (χ1n) is 25.4. The van der Waals surface area contributed by atoms with E-state index in [-0.39, 0.29) is 88.8 Å². The average molecular weight is 1090 g/mol. The normalized spacial score (nSPS) is 16.8. The van der Waals surface area contributed by atoms with Crippen LogP contribution in [0.4, 0.5) is 5.69 Å². The number of hydrogen-bond donors (Lipinski definition) is 5. The lowest BCUT2D eigenvalue weighted by molar-refractivity contribution is -0.140. The summed E-state index contributed by atoms with van der Waals surface area (Å²) in [6.07, 6.45) is 3.12. The Balaban J connectivity index is 0.942. The third-order valence-corrected chi connectivity index (χ3v) is 14.0. The number of ether oxygens (including phenoxy) is 3. The Hall–Kier alpha value is -6.33. The second-order valence-electron chi connectivity index (χ2n) is 19.8. The third-order valence-electron chi connectivity index (χ3n) is 13.6. The maximum Gasteiger partial charge on any atom is 0.317 e. The molecule has 0 saturated carbocycles. The van der Waals surface area contributed by atoms with Gasteiger partial charge in [0.05, 0.1) is 63.4 Å². The van der Waals surface area contributed by atoms with Crippen LogP contribution in [0.2, 0.25) is 10.0 Å².